The van der Waals surface area contributed by atoms with E-state index >= 15 is 0 Å². The van der Waals surface area contributed by atoms with Crippen molar-refractivity contribution in [2.75, 3.05) is 11.9 Å². The van der Waals surface area contributed by atoms with Crippen LogP contribution in [0.2, 0.25) is 0 Å². The average Bonchev–Trinajstić information content (AvgIpc) is 2.63. The molecule has 1 aliphatic carbocycles. The molecule has 15 heavy (non-hydrogen) atoms. The largest absolute Gasteiger partial charge is 0.368 e. The van der Waals surface area contributed by atoms with E-state index in [2.05, 4.69) is 15.5 Å². The second-order valence-corrected chi connectivity index (χ2v) is 4.30. The van der Waals surface area contributed by atoms with Gasteiger partial charge < -0.3 is 11.1 Å². The molecule has 4 heteroatoms. The Balaban J connectivity index is 1.85. The molecular weight excluding hydrogens is 188 g/mol. The van der Waals surface area contributed by atoms with Gasteiger partial charge in [-0.05, 0) is 37.8 Å². The van der Waals surface area contributed by atoms with E-state index in [9.17, 15) is 0 Å². The van der Waals surface area contributed by atoms with E-state index in [1.165, 1.54) is 12.8 Å². The zero-order valence-corrected chi connectivity index (χ0v) is 9.11. The molecule has 3 N–H and O–H groups in total. The second-order valence-electron chi connectivity index (χ2n) is 4.30. The number of hydrogen-bond donors (Lipinski definition) is 2. The molecule has 2 atom stereocenters. The van der Waals surface area contributed by atoms with Gasteiger partial charge in [0.15, 0.2) is 0 Å². The maximum Gasteiger partial charge on any atom is 0.148 e. The van der Waals surface area contributed by atoms with Crippen molar-refractivity contribution in [2.24, 2.45) is 11.7 Å². The van der Waals surface area contributed by atoms with Gasteiger partial charge in [0, 0.05) is 12.6 Å². The molecule has 1 aliphatic rings. The molecule has 1 fully saturated rings. The van der Waals surface area contributed by atoms with E-state index in [4.69, 9.17) is 5.73 Å². The van der Waals surface area contributed by atoms with Crippen LogP contribution >= 0.6 is 0 Å². The summed E-state index contributed by atoms with van der Waals surface area (Å²) in [4.78, 5) is 0. The van der Waals surface area contributed by atoms with Crippen molar-refractivity contribution in [1.29, 1.82) is 0 Å². The summed E-state index contributed by atoms with van der Waals surface area (Å²) in [5.41, 5.74) is 6.93. The Morgan fingerprint density at radius 1 is 1.40 bits per heavy atom. The first-order valence-electron chi connectivity index (χ1n) is 5.55. The molecule has 4 nitrogen and oxygen atoms in total. The summed E-state index contributed by atoms with van der Waals surface area (Å²) in [5.74, 6) is 1.44. The first-order chi connectivity index (χ1) is 7.25. The van der Waals surface area contributed by atoms with Crippen LogP contribution in [-0.2, 0) is 0 Å². The second kappa shape index (κ2) is 4.57. The number of anilines is 1. The third-order valence-corrected chi connectivity index (χ3v) is 3.06. The van der Waals surface area contributed by atoms with Crippen LogP contribution in [0.5, 0.6) is 0 Å². The van der Waals surface area contributed by atoms with Crippen molar-refractivity contribution >= 4 is 5.82 Å². The molecule has 0 aliphatic heterocycles. The maximum atomic E-state index is 5.99. The Morgan fingerprint density at radius 3 is 2.87 bits per heavy atom. The zero-order valence-electron chi connectivity index (χ0n) is 9.11. The number of nitrogens with one attached hydrogen (secondary N) is 1. The van der Waals surface area contributed by atoms with Crippen molar-refractivity contribution in [3.63, 3.8) is 0 Å². The average molecular weight is 206 g/mol. The number of nitrogens with two attached hydrogens (primary N) is 1. The van der Waals surface area contributed by atoms with Crippen LogP contribution in [0.25, 0.3) is 0 Å². The van der Waals surface area contributed by atoms with Gasteiger partial charge in [-0.2, -0.15) is 5.10 Å². The molecule has 0 aromatic carbocycles. The van der Waals surface area contributed by atoms with E-state index in [1.807, 2.05) is 19.1 Å². The van der Waals surface area contributed by atoms with Crippen LogP contribution < -0.4 is 11.1 Å². The molecule has 0 radical (unpaired) electrons. The minimum absolute atomic E-state index is 0.357. The van der Waals surface area contributed by atoms with E-state index in [0.29, 0.717) is 12.0 Å². The first kappa shape index (κ1) is 10.4. The molecule has 0 amide bonds. The highest BCUT2D eigenvalue weighted by Crippen LogP contribution is 2.23. The molecule has 1 heterocycles. The molecule has 0 bridgehead atoms. The fourth-order valence-electron chi connectivity index (χ4n) is 2.05. The van der Waals surface area contributed by atoms with Crippen molar-refractivity contribution in [3.05, 3.63) is 17.8 Å². The van der Waals surface area contributed by atoms with E-state index in [-0.39, 0.29) is 0 Å². The van der Waals surface area contributed by atoms with Crippen molar-refractivity contribution in [2.45, 2.75) is 32.2 Å². The van der Waals surface area contributed by atoms with Crippen molar-refractivity contribution in [3.8, 4) is 0 Å². The van der Waals surface area contributed by atoms with Gasteiger partial charge in [-0.25, -0.2) is 0 Å². The zero-order chi connectivity index (χ0) is 10.7. The molecule has 1 saturated carbocycles. The summed E-state index contributed by atoms with van der Waals surface area (Å²) >= 11 is 0. The standard InChI is InChI=1S/C11H18N4/c1-8-5-6-11(15-14-8)13-7-9-3-2-4-10(9)12/h5-6,9-10H,2-4,7,12H2,1H3,(H,13,15). The summed E-state index contributed by atoms with van der Waals surface area (Å²) < 4.78 is 0. The predicted molar refractivity (Wildman–Crippen MR) is 60.6 cm³/mol. The maximum absolute atomic E-state index is 5.99. The molecule has 0 spiro atoms. The number of hydrogen-bond acceptors (Lipinski definition) is 4. The molecule has 2 unspecified atom stereocenters. The fourth-order valence-corrected chi connectivity index (χ4v) is 2.05. The first-order valence-corrected chi connectivity index (χ1v) is 5.55. The van der Waals surface area contributed by atoms with Crippen LogP contribution in [0, 0.1) is 12.8 Å². The monoisotopic (exact) mass is 206 g/mol. The van der Waals surface area contributed by atoms with Gasteiger partial charge in [-0.3, -0.25) is 0 Å². The Bertz CT molecular complexity index is 309. The molecule has 82 valence electrons. The van der Waals surface area contributed by atoms with Gasteiger partial charge in [0.1, 0.15) is 5.82 Å². The van der Waals surface area contributed by atoms with Gasteiger partial charge >= 0.3 is 0 Å². The fraction of sp³-hybridized carbons (Fsp3) is 0.636. The lowest BCUT2D eigenvalue weighted by molar-refractivity contribution is 0.504. The molecule has 1 aromatic rings. The minimum atomic E-state index is 0.357. The lowest BCUT2D eigenvalue weighted by atomic mass is 10.1. The summed E-state index contributed by atoms with van der Waals surface area (Å²) in [6, 6.07) is 4.28. The Morgan fingerprint density at radius 2 is 2.27 bits per heavy atom. The smallest absolute Gasteiger partial charge is 0.148 e. The normalized spacial score (nSPS) is 25.5. The molecule has 0 saturated heterocycles. The minimum Gasteiger partial charge on any atom is -0.368 e. The van der Waals surface area contributed by atoms with Crippen molar-refractivity contribution < 1.29 is 0 Å². The van der Waals surface area contributed by atoms with Crippen LogP contribution in [0.1, 0.15) is 25.0 Å². The summed E-state index contributed by atoms with van der Waals surface area (Å²) in [5, 5.41) is 11.4. The van der Waals surface area contributed by atoms with Crippen LogP contribution in [0.3, 0.4) is 0 Å². The number of aromatic nitrogens is 2. The van der Waals surface area contributed by atoms with E-state index < -0.39 is 0 Å². The van der Waals surface area contributed by atoms with Gasteiger partial charge in [-0.15, -0.1) is 5.10 Å². The molecule has 2 rings (SSSR count). The SMILES string of the molecule is Cc1ccc(NCC2CCCC2N)nn1. The highest BCUT2D eigenvalue weighted by atomic mass is 15.2. The highest BCUT2D eigenvalue weighted by Gasteiger charge is 2.23. The van der Waals surface area contributed by atoms with Gasteiger partial charge in [0.05, 0.1) is 5.69 Å². The third kappa shape index (κ3) is 2.65. The number of nitrogens with zero attached hydrogens (tertiary/aromatic N) is 2. The van der Waals surface area contributed by atoms with Crippen LogP contribution in [0.4, 0.5) is 5.82 Å². The quantitative estimate of drug-likeness (QED) is 0.783. The lowest BCUT2D eigenvalue weighted by Gasteiger charge is -2.15. The van der Waals surface area contributed by atoms with Gasteiger partial charge in [0.25, 0.3) is 0 Å². The lowest BCUT2D eigenvalue weighted by Crippen LogP contribution is -2.29. The Hall–Kier alpha value is -1.16. The van der Waals surface area contributed by atoms with Crippen molar-refractivity contribution in [1.82, 2.24) is 10.2 Å². The Kier molecular flexibility index (Phi) is 3.16. The van der Waals surface area contributed by atoms with Gasteiger partial charge in [0.2, 0.25) is 0 Å². The molecular formula is C11H18N4. The van der Waals surface area contributed by atoms with E-state index in [0.717, 1.165) is 24.5 Å². The summed E-state index contributed by atoms with van der Waals surface area (Å²) in [6.07, 6.45) is 3.65. The molecule has 1 aromatic heterocycles. The third-order valence-electron chi connectivity index (χ3n) is 3.06. The Labute approximate surface area is 90.3 Å². The summed E-state index contributed by atoms with van der Waals surface area (Å²) in [6.45, 7) is 2.85. The van der Waals surface area contributed by atoms with E-state index in [1.54, 1.807) is 0 Å². The summed E-state index contributed by atoms with van der Waals surface area (Å²) in [7, 11) is 0. The van der Waals surface area contributed by atoms with Crippen LogP contribution in [0.15, 0.2) is 12.1 Å². The van der Waals surface area contributed by atoms with Gasteiger partial charge in [-0.1, -0.05) is 6.42 Å². The number of rotatable bonds is 3. The van der Waals surface area contributed by atoms with Crippen LogP contribution in [-0.4, -0.2) is 22.8 Å². The number of aryl methyl sites for hydroxylation is 1. The predicted octanol–water partition coefficient (Wildman–Crippen LogP) is 1.32. The topological polar surface area (TPSA) is 63.8 Å². The highest BCUT2D eigenvalue weighted by molar-refractivity contribution is 5.32.